The monoisotopic (exact) mass is 532 g/mol. The van der Waals surface area contributed by atoms with Crippen LogP contribution in [0.3, 0.4) is 0 Å². The molecule has 0 amide bonds. The lowest BCUT2D eigenvalue weighted by Crippen LogP contribution is -2.39. The van der Waals surface area contributed by atoms with Gasteiger partial charge in [0.2, 0.25) is 0 Å². The molecule has 0 atom stereocenters. The fourth-order valence-electron chi connectivity index (χ4n) is 3.36. The highest BCUT2D eigenvalue weighted by Crippen LogP contribution is 2.21. The molecule has 0 aliphatic rings. The van der Waals surface area contributed by atoms with Gasteiger partial charge in [-0.05, 0) is 37.1 Å². The molecule has 0 saturated heterocycles. The minimum Gasteiger partial charge on any atom is -0.382 e. The van der Waals surface area contributed by atoms with Crippen LogP contribution in [-0.2, 0) is 20.0 Å². The molecule has 0 bridgehead atoms. The number of hydrogen-bond donors (Lipinski definition) is 2. The van der Waals surface area contributed by atoms with Crippen molar-refractivity contribution in [1.82, 2.24) is 24.6 Å². The number of guanidine groups is 1. The van der Waals surface area contributed by atoms with Gasteiger partial charge in [0, 0.05) is 39.6 Å². The minimum absolute atomic E-state index is 0. The van der Waals surface area contributed by atoms with E-state index in [9.17, 15) is 5.26 Å². The van der Waals surface area contributed by atoms with Crippen LogP contribution in [0.15, 0.2) is 53.7 Å². The van der Waals surface area contributed by atoms with Crippen LogP contribution in [0.4, 0.5) is 5.82 Å². The van der Waals surface area contributed by atoms with E-state index in [1.165, 1.54) is 5.69 Å². The Hall–Kier alpha value is -3.00. The highest BCUT2D eigenvalue weighted by molar-refractivity contribution is 14.0. The number of aliphatic imine (C=N–C) groups is 1. The van der Waals surface area contributed by atoms with Gasteiger partial charge in [-0.25, -0.2) is 4.68 Å². The lowest BCUT2D eigenvalue weighted by atomic mass is 10.1. The minimum atomic E-state index is 0. The maximum absolute atomic E-state index is 9.53. The van der Waals surface area contributed by atoms with Gasteiger partial charge in [-0.1, -0.05) is 18.2 Å². The van der Waals surface area contributed by atoms with Crippen LogP contribution < -0.4 is 11.1 Å². The highest BCUT2D eigenvalue weighted by atomic mass is 127. The van der Waals surface area contributed by atoms with Gasteiger partial charge in [0.05, 0.1) is 17.9 Å². The summed E-state index contributed by atoms with van der Waals surface area (Å²) in [5.41, 5.74) is 9.39. The zero-order valence-corrected chi connectivity index (χ0v) is 20.4. The third kappa shape index (κ3) is 5.79. The van der Waals surface area contributed by atoms with Crippen molar-refractivity contribution in [3.8, 4) is 11.8 Å². The third-order valence-electron chi connectivity index (χ3n) is 5.00. The van der Waals surface area contributed by atoms with Crippen molar-refractivity contribution in [2.75, 3.05) is 26.4 Å². The lowest BCUT2D eigenvalue weighted by Gasteiger charge is -2.22. The van der Waals surface area contributed by atoms with Gasteiger partial charge in [0.1, 0.15) is 17.5 Å². The Balaban J connectivity index is 0.00000341. The summed E-state index contributed by atoms with van der Waals surface area (Å²) < 4.78 is 3.73. The summed E-state index contributed by atoms with van der Waals surface area (Å²) in [6.07, 6.45) is 3.49. The Kier molecular flexibility index (Phi) is 8.93. The van der Waals surface area contributed by atoms with E-state index in [2.05, 4.69) is 37.0 Å². The Morgan fingerprint density at radius 2 is 2.00 bits per heavy atom. The number of nitrogens with two attached hydrogens (primary N) is 1. The number of nitrogens with zero attached hydrogens (tertiary/aromatic N) is 6. The Morgan fingerprint density at radius 1 is 1.26 bits per heavy atom. The molecule has 164 valence electrons. The van der Waals surface area contributed by atoms with Crippen LogP contribution in [-0.4, -0.2) is 45.8 Å². The van der Waals surface area contributed by atoms with Crippen molar-refractivity contribution in [1.29, 1.82) is 5.26 Å². The largest absolute Gasteiger partial charge is 0.382 e. The van der Waals surface area contributed by atoms with Crippen LogP contribution in [0.1, 0.15) is 23.4 Å². The van der Waals surface area contributed by atoms with Gasteiger partial charge in [-0.15, -0.1) is 24.0 Å². The molecule has 3 N–H and O–H groups in total. The van der Waals surface area contributed by atoms with Crippen LogP contribution in [0.25, 0.3) is 5.69 Å². The summed E-state index contributed by atoms with van der Waals surface area (Å²) in [6.45, 7) is 1.48. The number of nitrogens with one attached hydrogen (secondary N) is 1. The molecular formula is C22H29IN8. The number of para-hydroxylation sites is 1. The first-order valence-corrected chi connectivity index (χ1v) is 9.90. The fraction of sp³-hybridized carbons (Fsp3) is 0.318. The summed E-state index contributed by atoms with van der Waals surface area (Å²) in [4.78, 5) is 6.45. The summed E-state index contributed by atoms with van der Waals surface area (Å²) >= 11 is 0. The molecule has 0 aliphatic heterocycles. The molecule has 0 radical (unpaired) electrons. The second-order valence-corrected chi connectivity index (χ2v) is 7.11. The van der Waals surface area contributed by atoms with E-state index in [1.807, 2.05) is 56.7 Å². The molecule has 2 heterocycles. The van der Waals surface area contributed by atoms with Gasteiger partial charge in [-0.3, -0.25) is 4.99 Å². The van der Waals surface area contributed by atoms with E-state index in [4.69, 9.17) is 5.73 Å². The maximum atomic E-state index is 9.53. The standard InChI is InChI=1S/C22H28N8.HI/c1-25-22(29(3)16-18-11-8-14-28(18)2)26-13-7-12-20-19(15-23)21(24)30(27-20)17-9-5-4-6-10-17;/h4-6,8-11,14H,7,12-13,16,24H2,1-3H3,(H,25,26);1H. The Morgan fingerprint density at radius 3 is 2.61 bits per heavy atom. The van der Waals surface area contributed by atoms with Crippen molar-refractivity contribution in [2.24, 2.45) is 12.0 Å². The second-order valence-electron chi connectivity index (χ2n) is 7.11. The van der Waals surface area contributed by atoms with E-state index in [1.54, 1.807) is 11.7 Å². The number of rotatable bonds is 7. The molecule has 9 heteroatoms. The average molecular weight is 532 g/mol. The predicted octanol–water partition coefficient (Wildman–Crippen LogP) is 2.92. The van der Waals surface area contributed by atoms with Gasteiger partial charge in [0.15, 0.2) is 5.96 Å². The zero-order chi connectivity index (χ0) is 21.5. The number of nitriles is 1. The van der Waals surface area contributed by atoms with E-state index >= 15 is 0 Å². The van der Waals surface area contributed by atoms with Gasteiger partial charge >= 0.3 is 0 Å². The van der Waals surface area contributed by atoms with Crippen LogP contribution in [0.2, 0.25) is 0 Å². The van der Waals surface area contributed by atoms with Crippen molar-refractivity contribution >= 4 is 35.8 Å². The van der Waals surface area contributed by atoms with E-state index in [0.29, 0.717) is 30.0 Å². The number of aryl methyl sites for hydroxylation is 2. The van der Waals surface area contributed by atoms with Crippen molar-refractivity contribution in [2.45, 2.75) is 19.4 Å². The number of anilines is 1. The van der Waals surface area contributed by atoms with Crippen LogP contribution in [0.5, 0.6) is 0 Å². The molecule has 0 unspecified atom stereocenters. The first-order chi connectivity index (χ1) is 14.5. The third-order valence-corrected chi connectivity index (χ3v) is 5.00. The molecule has 3 rings (SSSR count). The molecule has 3 aromatic rings. The van der Waals surface area contributed by atoms with E-state index in [0.717, 1.165) is 24.6 Å². The number of nitrogen functional groups attached to an aromatic ring is 1. The predicted molar refractivity (Wildman–Crippen MR) is 135 cm³/mol. The maximum Gasteiger partial charge on any atom is 0.193 e. The average Bonchev–Trinajstić information content (AvgIpc) is 3.30. The molecule has 0 saturated carbocycles. The highest BCUT2D eigenvalue weighted by Gasteiger charge is 2.16. The Labute approximate surface area is 200 Å². The smallest absolute Gasteiger partial charge is 0.193 e. The van der Waals surface area contributed by atoms with E-state index < -0.39 is 0 Å². The molecule has 31 heavy (non-hydrogen) atoms. The normalized spacial score (nSPS) is 11.0. The molecule has 0 spiro atoms. The number of aromatic nitrogens is 3. The van der Waals surface area contributed by atoms with Gasteiger partial charge < -0.3 is 20.5 Å². The Bertz CT molecular complexity index is 1050. The fourth-order valence-corrected chi connectivity index (χ4v) is 3.36. The quantitative estimate of drug-likeness (QED) is 0.211. The van der Waals surface area contributed by atoms with Crippen LogP contribution in [0, 0.1) is 11.3 Å². The lowest BCUT2D eigenvalue weighted by molar-refractivity contribution is 0.461. The topological polar surface area (TPSA) is 100 Å². The summed E-state index contributed by atoms with van der Waals surface area (Å²) in [7, 11) is 5.82. The molecular weight excluding hydrogens is 503 g/mol. The second kappa shape index (κ2) is 11.4. The van der Waals surface area contributed by atoms with Crippen molar-refractivity contribution in [3.05, 3.63) is 65.6 Å². The number of hydrogen-bond acceptors (Lipinski definition) is 4. The molecule has 2 aromatic heterocycles. The first-order valence-electron chi connectivity index (χ1n) is 9.90. The molecule has 8 nitrogen and oxygen atoms in total. The number of halogens is 1. The molecule has 0 fully saturated rings. The van der Waals surface area contributed by atoms with Gasteiger partial charge in [-0.2, -0.15) is 10.4 Å². The summed E-state index contributed by atoms with van der Waals surface area (Å²) in [5, 5.41) is 17.5. The molecule has 0 aliphatic carbocycles. The first kappa shape index (κ1) is 24.3. The van der Waals surface area contributed by atoms with Crippen molar-refractivity contribution < 1.29 is 0 Å². The van der Waals surface area contributed by atoms with E-state index in [-0.39, 0.29) is 24.0 Å². The van der Waals surface area contributed by atoms with Gasteiger partial charge in [0.25, 0.3) is 0 Å². The SMILES string of the molecule is CN=C(NCCCc1nn(-c2ccccc2)c(N)c1C#N)N(C)Cc1cccn1C.I. The zero-order valence-electron chi connectivity index (χ0n) is 18.1. The summed E-state index contributed by atoms with van der Waals surface area (Å²) in [6, 6.07) is 15.9. The number of benzene rings is 1. The molecule has 1 aromatic carbocycles. The van der Waals surface area contributed by atoms with Crippen LogP contribution >= 0.6 is 24.0 Å². The van der Waals surface area contributed by atoms with Crippen molar-refractivity contribution in [3.63, 3.8) is 0 Å². The summed E-state index contributed by atoms with van der Waals surface area (Å²) in [5.74, 6) is 1.20.